The summed E-state index contributed by atoms with van der Waals surface area (Å²) in [7, 11) is 2.08. The molecule has 0 N–H and O–H groups in total. The van der Waals surface area contributed by atoms with Crippen LogP contribution < -0.4 is 5.43 Å². The first-order valence-corrected chi connectivity index (χ1v) is 12.4. The molecule has 3 heterocycles. The number of aryl methyl sites for hydroxylation is 1. The molecule has 32 heavy (non-hydrogen) atoms. The van der Waals surface area contributed by atoms with Crippen molar-refractivity contribution in [2.24, 2.45) is 0 Å². The van der Waals surface area contributed by atoms with Gasteiger partial charge < -0.3 is 4.90 Å². The Kier molecular flexibility index (Phi) is 5.71. The molecular weight excluding hydrogens is 438 g/mol. The molecule has 4 aromatic rings. The molecule has 0 bridgehead atoms. The highest BCUT2D eigenvalue weighted by atomic mass is 32.2. The van der Waals surface area contributed by atoms with E-state index >= 15 is 0 Å². The molecule has 0 spiro atoms. The maximum atomic E-state index is 13.3. The molecule has 5 rings (SSSR count). The number of thioether (sulfide) groups is 1. The lowest BCUT2D eigenvalue weighted by molar-refractivity contribution is 0.102. The Labute approximate surface area is 194 Å². The molecule has 0 fully saturated rings. The minimum absolute atomic E-state index is 0.0314. The number of ketones is 1. The van der Waals surface area contributed by atoms with Crippen molar-refractivity contribution < 1.29 is 4.79 Å². The molecule has 0 aliphatic carbocycles. The molecule has 7 heteroatoms. The highest BCUT2D eigenvalue weighted by molar-refractivity contribution is 7.99. The summed E-state index contributed by atoms with van der Waals surface area (Å²) in [4.78, 5) is 35.0. The summed E-state index contributed by atoms with van der Waals surface area (Å²) in [5, 5.41) is 0.678. The average Bonchev–Trinajstić information content (AvgIpc) is 3.17. The second kappa shape index (κ2) is 8.65. The molecule has 0 saturated heterocycles. The van der Waals surface area contributed by atoms with Gasteiger partial charge in [0, 0.05) is 34.8 Å². The molecular formula is C25H23N3O2S2. The van der Waals surface area contributed by atoms with Crippen LogP contribution in [0.2, 0.25) is 0 Å². The van der Waals surface area contributed by atoms with Gasteiger partial charge in [-0.3, -0.25) is 14.2 Å². The standard InChI is InChI=1S/C25H23N3O2S2/c1-16-8-10-18(11-9-16)28-24-22(23(30)19-12-13-27(2)14-21(19)32-24)26-25(28)31-15-20(29)17-6-4-3-5-7-17/h3-11H,12-15H2,1-2H3. The fourth-order valence-electron chi connectivity index (χ4n) is 3.94. The quantitative estimate of drug-likeness (QED) is 0.318. The SMILES string of the molecule is Cc1ccc(-n2c(SCC(=O)c3ccccc3)nc3c(=O)c4c(sc32)CN(C)CC4)cc1. The van der Waals surface area contributed by atoms with Crippen LogP contribution in [0, 0.1) is 6.92 Å². The van der Waals surface area contributed by atoms with Gasteiger partial charge in [0.1, 0.15) is 10.3 Å². The van der Waals surface area contributed by atoms with E-state index in [9.17, 15) is 9.59 Å². The Morgan fingerprint density at radius 2 is 1.88 bits per heavy atom. The monoisotopic (exact) mass is 461 g/mol. The van der Waals surface area contributed by atoms with E-state index in [1.165, 1.54) is 17.3 Å². The van der Waals surface area contributed by atoms with Crippen molar-refractivity contribution in [3.8, 4) is 5.69 Å². The number of carbonyl (C=O) groups excluding carboxylic acids is 1. The summed E-state index contributed by atoms with van der Waals surface area (Å²) in [6.45, 7) is 3.71. The average molecular weight is 462 g/mol. The third-order valence-electron chi connectivity index (χ3n) is 5.73. The minimum Gasteiger partial charge on any atom is -0.301 e. The Morgan fingerprint density at radius 3 is 2.62 bits per heavy atom. The lowest BCUT2D eigenvalue weighted by Gasteiger charge is -2.23. The van der Waals surface area contributed by atoms with Gasteiger partial charge in [0.25, 0.3) is 0 Å². The number of likely N-dealkylation sites (N-methyl/N-ethyl adjacent to an activating group) is 1. The van der Waals surface area contributed by atoms with Crippen LogP contribution in [0.4, 0.5) is 0 Å². The first kappa shape index (κ1) is 21.1. The van der Waals surface area contributed by atoms with E-state index in [0.717, 1.165) is 40.5 Å². The number of hydrogen-bond acceptors (Lipinski definition) is 6. The van der Waals surface area contributed by atoms with E-state index in [-0.39, 0.29) is 17.0 Å². The van der Waals surface area contributed by atoms with Gasteiger partial charge in [0.15, 0.2) is 10.9 Å². The predicted molar refractivity (Wildman–Crippen MR) is 131 cm³/mol. The molecule has 1 aliphatic heterocycles. The summed E-state index contributed by atoms with van der Waals surface area (Å²) < 4.78 is 2.04. The lowest BCUT2D eigenvalue weighted by atomic mass is 10.1. The molecule has 2 aromatic heterocycles. The van der Waals surface area contributed by atoms with E-state index < -0.39 is 0 Å². The van der Waals surface area contributed by atoms with E-state index in [1.54, 1.807) is 11.3 Å². The van der Waals surface area contributed by atoms with E-state index in [0.29, 0.717) is 16.2 Å². The third kappa shape index (κ3) is 3.92. The van der Waals surface area contributed by atoms with Crippen LogP contribution in [0.1, 0.15) is 26.4 Å². The van der Waals surface area contributed by atoms with Gasteiger partial charge >= 0.3 is 0 Å². The van der Waals surface area contributed by atoms with Crippen LogP contribution >= 0.6 is 23.1 Å². The van der Waals surface area contributed by atoms with Crippen LogP contribution in [0.5, 0.6) is 0 Å². The van der Waals surface area contributed by atoms with Crippen LogP contribution in [-0.2, 0) is 13.0 Å². The van der Waals surface area contributed by atoms with Crippen molar-refractivity contribution in [1.82, 2.24) is 14.5 Å². The molecule has 0 amide bonds. The number of carbonyl (C=O) groups is 1. The number of hydrogen-bond donors (Lipinski definition) is 0. The normalized spacial score (nSPS) is 13.9. The zero-order valence-corrected chi connectivity index (χ0v) is 19.6. The predicted octanol–water partition coefficient (Wildman–Crippen LogP) is 4.72. The Balaban J connectivity index is 1.62. The first-order valence-electron chi connectivity index (χ1n) is 10.5. The van der Waals surface area contributed by atoms with Crippen LogP contribution in [0.25, 0.3) is 16.0 Å². The Morgan fingerprint density at radius 1 is 1.12 bits per heavy atom. The maximum Gasteiger partial charge on any atom is 0.211 e. The number of fused-ring (bicyclic) bond motifs is 2. The number of nitrogens with zero attached hydrogens (tertiary/aromatic N) is 3. The molecule has 162 valence electrons. The summed E-state index contributed by atoms with van der Waals surface area (Å²) in [5.74, 6) is 0.311. The van der Waals surface area contributed by atoms with Crippen molar-refractivity contribution in [2.45, 2.75) is 25.0 Å². The number of Topliss-reactive ketones (excluding diaryl/α,β-unsaturated/α-hetero) is 1. The number of imidazole rings is 1. The van der Waals surface area contributed by atoms with Gasteiger partial charge in [-0.05, 0) is 32.5 Å². The van der Waals surface area contributed by atoms with Gasteiger partial charge in [-0.1, -0.05) is 59.8 Å². The first-order chi connectivity index (χ1) is 15.5. The van der Waals surface area contributed by atoms with Crippen LogP contribution in [0.3, 0.4) is 0 Å². The fraction of sp³-hybridized carbons (Fsp3) is 0.240. The highest BCUT2D eigenvalue weighted by Gasteiger charge is 2.24. The Hall–Kier alpha value is -2.74. The van der Waals surface area contributed by atoms with E-state index in [1.807, 2.05) is 47.0 Å². The van der Waals surface area contributed by atoms with Crippen LogP contribution in [0.15, 0.2) is 64.5 Å². The van der Waals surface area contributed by atoms with Gasteiger partial charge in [-0.15, -0.1) is 11.3 Å². The molecule has 5 nitrogen and oxygen atoms in total. The Bertz CT molecular complexity index is 1360. The lowest BCUT2D eigenvalue weighted by Crippen LogP contribution is -2.30. The molecule has 0 saturated carbocycles. The zero-order chi connectivity index (χ0) is 22.2. The smallest absolute Gasteiger partial charge is 0.211 e. The number of aromatic nitrogens is 2. The second-order valence-electron chi connectivity index (χ2n) is 8.12. The minimum atomic E-state index is 0.0314. The molecule has 0 atom stereocenters. The third-order valence-corrected chi connectivity index (χ3v) is 7.86. The topological polar surface area (TPSA) is 55.2 Å². The zero-order valence-electron chi connectivity index (χ0n) is 18.0. The summed E-state index contributed by atoms with van der Waals surface area (Å²) in [5.41, 5.74) is 4.23. The number of rotatable bonds is 5. The second-order valence-corrected chi connectivity index (χ2v) is 10.1. The van der Waals surface area contributed by atoms with E-state index in [2.05, 4.69) is 31.0 Å². The molecule has 2 aromatic carbocycles. The van der Waals surface area contributed by atoms with Crippen molar-refractivity contribution in [3.05, 3.63) is 86.4 Å². The van der Waals surface area contributed by atoms with Gasteiger partial charge in [0.2, 0.25) is 5.43 Å². The van der Waals surface area contributed by atoms with Gasteiger partial charge in [-0.2, -0.15) is 0 Å². The van der Waals surface area contributed by atoms with Crippen molar-refractivity contribution in [3.63, 3.8) is 0 Å². The molecule has 1 aliphatic rings. The highest BCUT2D eigenvalue weighted by Crippen LogP contribution is 2.33. The van der Waals surface area contributed by atoms with Crippen molar-refractivity contribution in [1.29, 1.82) is 0 Å². The van der Waals surface area contributed by atoms with Gasteiger partial charge in [0.05, 0.1) is 5.75 Å². The number of benzene rings is 2. The van der Waals surface area contributed by atoms with Crippen molar-refractivity contribution in [2.75, 3.05) is 19.3 Å². The molecule has 0 unspecified atom stereocenters. The summed E-state index contributed by atoms with van der Waals surface area (Å²) >= 11 is 3.03. The largest absolute Gasteiger partial charge is 0.301 e. The van der Waals surface area contributed by atoms with Crippen molar-refractivity contribution >= 4 is 39.2 Å². The molecule has 0 radical (unpaired) electrons. The summed E-state index contributed by atoms with van der Waals surface area (Å²) in [6.07, 6.45) is 0.753. The van der Waals surface area contributed by atoms with Crippen LogP contribution in [-0.4, -0.2) is 39.6 Å². The van der Waals surface area contributed by atoms with Gasteiger partial charge in [-0.25, -0.2) is 4.98 Å². The maximum absolute atomic E-state index is 13.3. The fourth-order valence-corrected chi connectivity index (χ4v) is 6.26. The van der Waals surface area contributed by atoms with E-state index in [4.69, 9.17) is 4.98 Å². The summed E-state index contributed by atoms with van der Waals surface area (Å²) in [6, 6.07) is 17.5.